The molecule has 39 heavy (non-hydrogen) atoms. The van der Waals surface area contributed by atoms with Gasteiger partial charge in [0, 0.05) is 12.8 Å². The number of rotatable bonds is 27. The van der Waals surface area contributed by atoms with Gasteiger partial charge in [0.15, 0.2) is 0 Å². The largest absolute Gasteiger partial charge is 0.494 e. The van der Waals surface area contributed by atoms with Crippen LogP contribution in [0.2, 0.25) is 0 Å². The Morgan fingerprint density at radius 2 is 1.46 bits per heavy atom. The summed E-state index contributed by atoms with van der Waals surface area (Å²) in [5, 5.41) is 2.06. The third-order valence-corrected chi connectivity index (χ3v) is 7.86. The van der Waals surface area contributed by atoms with Crippen molar-refractivity contribution in [2.45, 2.75) is 117 Å². The predicted molar refractivity (Wildman–Crippen MR) is 159 cm³/mol. The van der Waals surface area contributed by atoms with Crippen molar-refractivity contribution in [1.29, 1.82) is 0 Å². The van der Waals surface area contributed by atoms with Gasteiger partial charge in [-0.2, -0.15) is 0 Å². The zero-order chi connectivity index (χ0) is 28.6. The van der Waals surface area contributed by atoms with Gasteiger partial charge in [-0.1, -0.05) is 83.8 Å². The fourth-order valence-corrected chi connectivity index (χ4v) is 5.43. The molecule has 0 spiro atoms. The quantitative estimate of drug-likeness (QED) is 0.0872. The second-order valence-corrected chi connectivity index (χ2v) is 12.2. The lowest BCUT2D eigenvalue weighted by atomic mass is 9.94. The van der Waals surface area contributed by atoms with Crippen LogP contribution in [0.5, 0.6) is 5.75 Å². The molecule has 0 amide bonds. The molecule has 0 radical (unpaired) electrons. The monoisotopic (exact) mass is 570 g/mol. The highest BCUT2D eigenvalue weighted by Crippen LogP contribution is 2.44. The Hall–Kier alpha value is -1.24. The molecule has 7 nitrogen and oxygen atoms in total. The normalized spacial score (nSPS) is 13.7. The first-order chi connectivity index (χ1) is 18.9. The number of ether oxygens (including phenoxy) is 1. The van der Waals surface area contributed by atoms with Crippen molar-refractivity contribution in [3.05, 3.63) is 29.8 Å². The molecule has 0 fully saturated rings. The van der Waals surface area contributed by atoms with Crippen LogP contribution in [0, 0.1) is 5.92 Å². The molecular weight excluding hydrogens is 513 g/mol. The lowest BCUT2D eigenvalue weighted by Gasteiger charge is -2.19. The van der Waals surface area contributed by atoms with Crippen LogP contribution in [0.1, 0.15) is 116 Å². The zero-order valence-corrected chi connectivity index (χ0v) is 25.9. The molecule has 1 rings (SSSR count). The molecule has 0 saturated heterocycles. The van der Waals surface area contributed by atoms with E-state index in [4.69, 9.17) is 13.8 Å². The molecule has 0 saturated carbocycles. The van der Waals surface area contributed by atoms with E-state index >= 15 is 0 Å². The van der Waals surface area contributed by atoms with Crippen molar-refractivity contribution in [1.82, 2.24) is 0 Å². The molecule has 0 aliphatic rings. The number of hydrogen-bond acceptors (Lipinski definition) is 5. The van der Waals surface area contributed by atoms with E-state index in [1.165, 1.54) is 57.8 Å². The van der Waals surface area contributed by atoms with Crippen LogP contribution in [0.25, 0.3) is 0 Å². The van der Waals surface area contributed by atoms with Crippen molar-refractivity contribution in [3.63, 3.8) is 0 Å². The van der Waals surface area contributed by atoms with Crippen LogP contribution in [0.3, 0.4) is 0 Å². The Morgan fingerprint density at radius 1 is 0.846 bits per heavy atom. The van der Waals surface area contributed by atoms with Crippen LogP contribution in [0.15, 0.2) is 24.3 Å². The standard InChI is InChI=1S/C31H56NO6P/c1-4-6-7-8-9-10-11-12-13-15-23-36-31-20-18-28(19-21-31)25-29(26-30(33)17-5-2)27-38-39(34,35)37-24-16-14-22-32-3/h18-21,29,32H,4-17,22-27H2,1-3H3,(H,34,35)/p+1. The minimum atomic E-state index is -4.14. The minimum Gasteiger partial charge on any atom is -0.494 e. The Kier molecular flexibility index (Phi) is 21.5. The number of carbonyl (C=O) groups is 1. The summed E-state index contributed by atoms with van der Waals surface area (Å²) in [4.78, 5) is 22.4. The number of benzene rings is 1. The van der Waals surface area contributed by atoms with Gasteiger partial charge in [0.1, 0.15) is 11.5 Å². The summed E-state index contributed by atoms with van der Waals surface area (Å²) in [5.41, 5.74) is 1.05. The number of unbranched alkanes of at least 4 members (excludes halogenated alkanes) is 10. The van der Waals surface area contributed by atoms with Gasteiger partial charge in [-0.25, -0.2) is 4.57 Å². The highest BCUT2D eigenvalue weighted by atomic mass is 31.2. The molecular formula is C31H57NO6P+. The fourth-order valence-electron chi connectivity index (χ4n) is 4.59. The van der Waals surface area contributed by atoms with Crippen LogP contribution in [-0.2, 0) is 24.8 Å². The molecule has 0 heterocycles. The van der Waals surface area contributed by atoms with E-state index in [9.17, 15) is 14.3 Å². The van der Waals surface area contributed by atoms with Crippen LogP contribution in [0.4, 0.5) is 0 Å². The summed E-state index contributed by atoms with van der Waals surface area (Å²) in [7, 11) is -2.15. The molecule has 1 aromatic carbocycles. The summed E-state index contributed by atoms with van der Waals surface area (Å²) in [6, 6.07) is 7.94. The van der Waals surface area contributed by atoms with E-state index < -0.39 is 7.82 Å². The third kappa shape index (κ3) is 20.3. The van der Waals surface area contributed by atoms with Gasteiger partial charge in [0.25, 0.3) is 0 Å². The molecule has 3 N–H and O–H groups in total. The molecule has 2 unspecified atom stereocenters. The van der Waals surface area contributed by atoms with E-state index in [0.29, 0.717) is 25.7 Å². The van der Waals surface area contributed by atoms with Crippen molar-refractivity contribution < 1.29 is 33.4 Å². The molecule has 8 heteroatoms. The van der Waals surface area contributed by atoms with Crippen molar-refractivity contribution in [2.24, 2.45) is 5.92 Å². The molecule has 226 valence electrons. The van der Waals surface area contributed by atoms with E-state index in [1.54, 1.807) is 0 Å². The second-order valence-electron chi connectivity index (χ2n) is 10.7. The van der Waals surface area contributed by atoms with Gasteiger partial charge in [-0.05, 0) is 55.7 Å². The Morgan fingerprint density at radius 3 is 2.08 bits per heavy atom. The van der Waals surface area contributed by atoms with Gasteiger partial charge < -0.3 is 14.9 Å². The van der Waals surface area contributed by atoms with Crippen LogP contribution in [-0.4, -0.2) is 44.1 Å². The van der Waals surface area contributed by atoms with Crippen molar-refractivity contribution in [2.75, 3.05) is 33.4 Å². The van der Waals surface area contributed by atoms with Crippen molar-refractivity contribution >= 4 is 13.6 Å². The summed E-state index contributed by atoms with van der Waals surface area (Å²) < 4.78 is 28.6. The first-order valence-corrected chi connectivity index (χ1v) is 17.0. The summed E-state index contributed by atoms with van der Waals surface area (Å²) in [6.45, 7) is 6.09. The number of nitrogens with two attached hydrogens (primary N) is 1. The van der Waals surface area contributed by atoms with E-state index in [-0.39, 0.29) is 24.9 Å². The van der Waals surface area contributed by atoms with Gasteiger partial charge in [0.05, 0.1) is 33.4 Å². The third-order valence-electron chi connectivity index (χ3n) is 6.87. The molecule has 0 aliphatic carbocycles. The maximum Gasteiger partial charge on any atom is 0.472 e. The number of hydrogen-bond donors (Lipinski definition) is 2. The van der Waals surface area contributed by atoms with Gasteiger partial charge in [0.2, 0.25) is 0 Å². The fraction of sp³-hybridized carbons (Fsp3) is 0.774. The topological polar surface area (TPSA) is 98.7 Å². The SMILES string of the molecule is CCCCCCCCCCCCOc1ccc(CC(COP(=O)(O)OCCCC[NH2+]C)CC(=O)CCC)cc1. The van der Waals surface area contributed by atoms with Gasteiger partial charge in [-0.3, -0.25) is 13.8 Å². The Bertz CT molecular complexity index is 773. The van der Waals surface area contributed by atoms with Gasteiger partial charge >= 0.3 is 7.82 Å². The zero-order valence-electron chi connectivity index (χ0n) is 25.0. The van der Waals surface area contributed by atoms with Gasteiger partial charge in [-0.15, -0.1) is 0 Å². The Labute approximate surface area is 238 Å². The lowest BCUT2D eigenvalue weighted by Crippen LogP contribution is -2.79. The number of quaternary nitrogens is 1. The minimum absolute atomic E-state index is 0.00294. The van der Waals surface area contributed by atoms with E-state index in [2.05, 4.69) is 12.2 Å². The Balaban J connectivity index is 2.40. The lowest BCUT2D eigenvalue weighted by molar-refractivity contribution is -0.627. The number of ketones is 1. The second kappa shape index (κ2) is 23.5. The first kappa shape index (κ1) is 35.8. The predicted octanol–water partition coefficient (Wildman–Crippen LogP) is 7.01. The van der Waals surface area contributed by atoms with Crippen LogP contribution < -0.4 is 10.1 Å². The summed E-state index contributed by atoms with van der Waals surface area (Å²) >= 11 is 0. The molecule has 0 aliphatic heterocycles. The molecule has 2 atom stereocenters. The van der Waals surface area contributed by atoms with Crippen molar-refractivity contribution in [3.8, 4) is 5.75 Å². The number of phosphoric ester groups is 1. The smallest absolute Gasteiger partial charge is 0.472 e. The highest BCUT2D eigenvalue weighted by Gasteiger charge is 2.24. The maximum atomic E-state index is 12.3. The molecule has 1 aromatic rings. The highest BCUT2D eigenvalue weighted by molar-refractivity contribution is 7.47. The van der Waals surface area contributed by atoms with E-state index in [0.717, 1.165) is 43.7 Å². The average Bonchev–Trinajstić information content (AvgIpc) is 2.91. The average molecular weight is 571 g/mol. The number of phosphoric acid groups is 1. The summed E-state index contributed by atoms with van der Waals surface area (Å²) in [6.07, 6.45) is 16.8. The molecule has 0 aromatic heterocycles. The number of Topliss-reactive ketones (excluding diaryl/α,β-unsaturated/α-hetero) is 1. The molecule has 0 bridgehead atoms. The summed E-state index contributed by atoms with van der Waals surface area (Å²) in [5.74, 6) is 0.798. The van der Waals surface area contributed by atoms with E-state index in [1.807, 2.05) is 38.2 Å². The maximum absolute atomic E-state index is 12.3. The van der Waals surface area contributed by atoms with Crippen LogP contribution >= 0.6 is 7.82 Å². The number of carbonyl (C=O) groups excluding carboxylic acids is 1. The first-order valence-electron chi connectivity index (χ1n) is 15.5.